The summed E-state index contributed by atoms with van der Waals surface area (Å²) >= 11 is 6.12. The minimum absolute atomic E-state index is 0.0828. The van der Waals surface area contributed by atoms with Crippen molar-refractivity contribution in [3.63, 3.8) is 0 Å². The van der Waals surface area contributed by atoms with Crippen molar-refractivity contribution in [3.05, 3.63) is 40.9 Å². The lowest BCUT2D eigenvalue weighted by Crippen LogP contribution is -2.49. The van der Waals surface area contributed by atoms with E-state index in [2.05, 4.69) is 27.2 Å². The van der Waals surface area contributed by atoms with Gasteiger partial charge in [-0.05, 0) is 20.8 Å². The minimum atomic E-state index is -1.49. The third kappa shape index (κ3) is 6.59. The molecule has 1 saturated heterocycles. The van der Waals surface area contributed by atoms with Gasteiger partial charge < -0.3 is 15.0 Å². The van der Waals surface area contributed by atoms with Gasteiger partial charge in [0.15, 0.2) is 0 Å². The van der Waals surface area contributed by atoms with Crippen LogP contribution in [0.1, 0.15) is 44.7 Å². The van der Waals surface area contributed by atoms with Crippen molar-refractivity contribution in [2.75, 3.05) is 24.5 Å². The number of rotatable bonds is 3. The second-order valence-corrected chi connectivity index (χ2v) is 9.06. The Morgan fingerprint density at radius 1 is 1.32 bits per heavy atom. The number of hydrogen-bond donors (Lipinski definition) is 1. The lowest BCUT2D eigenvalue weighted by molar-refractivity contribution is 0.0453. The molecule has 2 aromatic rings. The summed E-state index contributed by atoms with van der Waals surface area (Å²) in [5, 5.41) is 7.01. The Labute approximate surface area is 186 Å². The van der Waals surface area contributed by atoms with Gasteiger partial charge in [-0.1, -0.05) is 23.4 Å². The van der Waals surface area contributed by atoms with Gasteiger partial charge in [-0.15, -0.1) is 0 Å². The molecule has 0 spiro atoms. The van der Waals surface area contributed by atoms with Gasteiger partial charge in [-0.2, -0.15) is 5.10 Å². The first kappa shape index (κ1) is 22.9. The molecule has 1 aliphatic rings. The van der Waals surface area contributed by atoms with Crippen LogP contribution in [0, 0.1) is 11.8 Å². The van der Waals surface area contributed by atoms with Crippen LogP contribution in [0.2, 0.25) is 5.15 Å². The van der Waals surface area contributed by atoms with Crippen LogP contribution in [0.4, 0.5) is 14.9 Å². The number of nitrogens with one attached hydrogen (secondary N) is 1. The molecular formula is C22H27ClFN5O2. The SMILES string of the molecule is Cn1cc(C#Cc2cnc(Cl)cc2N2CCC(F)(CNC(=O)OC(C)(C)C)CC2)cn1. The number of nitrogens with zero attached hydrogens (tertiary/aromatic N) is 4. The Kier molecular flexibility index (Phi) is 6.75. The molecule has 3 rings (SSSR count). The average molecular weight is 448 g/mol. The molecule has 0 aromatic carbocycles. The van der Waals surface area contributed by atoms with Gasteiger partial charge in [-0.25, -0.2) is 14.2 Å². The maximum Gasteiger partial charge on any atom is 0.407 e. The highest BCUT2D eigenvalue weighted by Crippen LogP contribution is 2.31. The maximum absolute atomic E-state index is 15.2. The normalized spacial score (nSPS) is 15.7. The van der Waals surface area contributed by atoms with E-state index in [4.69, 9.17) is 16.3 Å². The van der Waals surface area contributed by atoms with E-state index in [-0.39, 0.29) is 19.4 Å². The van der Waals surface area contributed by atoms with E-state index in [1.54, 1.807) is 43.9 Å². The lowest BCUT2D eigenvalue weighted by Gasteiger charge is -2.38. The van der Waals surface area contributed by atoms with Crippen molar-refractivity contribution < 1.29 is 13.9 Å². The van der Waals surface area contributed by atoms with Gasteiger partial charge in [0.2, 0.25) is 0 Å². The second kappa shape index (κ2) is 9.15. The van der Waals surface area contributed by atoms with Crippen LogP contribution in [0.3, 0.4) is 0 Å². The molecule has 1 aliphatic heterocycles. The number of halogens is 2. The first-order chi connectivity index (χ1) is 14.5. The minimum Gasteiger partial charge on any atom is -0.444 e. The number of pyridine rings is 1. The molecule has 1 fully saturated rings. The Morgan fingerprint density at radius 2 is 2.03 bits per heavy atom. The number of carbonyl (C=O) groups is 1. The van der Waals surface area contributed by atoms with Crippen LogP contribution in [0.25, 0.3) is 0 Å². The fourth-order valence-corrected chi connectivity index (χ4v) is 3.43. The number of carbonyl (C=O) groups excluding carboxylic acids is 1. The third-order valence-electron chi connectivity index (χ3n) is 4.84. The Bertz CT molecular complexity index is 997. The van der Waals surface area contributed by atoms with Crippen molar-refractivity contribution >= 4 is 23.4 Å². The fourth-order valence-electron chi connectivity index (χ4n) is 3.27. The zero-order chi connectivity index (χ0) is 22.6. The molecule has 9 heteroatoms. The van der Waals surface area contributed by atoms with E-state index in [9.17, 15) is 4.79 Å². The molecule has 0 unspecified atom stereocenters. The van der Waals surface area contributed by atoms with E-state index < -0.39 is 17.4 Å². The molecule has 2 aromatic heterocycles. The number of ether oxygens (including phenoxy) is 1. The van der Waals surface area contributed by atoms with Gasteiger partial charge in [0.05, 0.1) is 29.6 Å². The molecule has 0 saturated carbocycles. The fraction of sp³-hybridized carbons (Fsp3) is 0.500. The van der Waals surface area contributed by atoms with Crippen LogP contribution >= 0.6 is 11.6 Å². The zero-order valence-electron chi connectivity index (χ0n) is 18.2. The van der Waals surface area contributed by atoms with E-state index in [0.29, 0.717) is 23.8 Å². The highest BCUT2D eigenvalue weighted by Gasteiger charge is 2.36. The summed E-state index contributed by atoms with van der Waals surface area (Å²) in [4.78, 5) is 18.0. The van der Waals surface area contributed by atoms with Gasteiger partial charge in [0.1, 0.15) is 16.4 Å². The topological polar surface area (TPSA) is 72.3 Å². The summed E-state index contributed by atoms with van der Waals surface area (Å²) in [7, 11) is 1.83. The molecule has 3 heterocycles. The van der Waals surface area contributed by atoms with Gasteiger partial charge in [0.25, 0.3) is 0 Å². The second-order valence-electron chi connectivity index (χ2n) is 8.67. The summed E-state index contributed by atoms with van der Waals surface area (Å²) in [6.45, 7) is 6.16. The molecule has 0 bridgehead atoms. The summed E-state index contributed by atoms with van der Waals surface area (Å²) in [5.41, 5.74) is 0.208. The molecule has 1 N–H and O–H groups in total. The highest BCUT2D eigenvalue weighted by molar-refractivity contribution is 6.29. The van der Waals surface area contributed by atoms with Gasteiger partial charge in [0, 0.05) is 51.4 Å². The largest absolute Gasteiger partial charge is 0.444 e. The summed E-state index contributed by atoms with van der Waals surface area (Å²) < 4.78 is 22.1. The highest BCUT2D eigenvalue weighted by atomic mass is 35.5. The molecule has 0 aliphatic carbocycles. The van der Waals surface area contributed by atoms with Gasteiger partial charge >= 0.3 is 6.09 Å². The molecular weight excluding hydrogens is 421 g/mol. The molecule has 0 atom stereocenters. The van der Waals surface area contributed by atoms with Crippen molar-refractivity contribution in [1.29, 1.82) is 0 Å². The van der Waals surface area contributed by atoms with Crippen molar-refractivity contribution in [3.8, 4) is 11.8 Å². The number of amides is 1. The van der Waals surface area contributed by atoms with Crippen LogP contribution in [0.5, 0.6) is 0 Å². The number of alkyl carbamates (subject to hydrolysis) is 1. The first-order valence-electron chi connectivity index (χ1n) is 10.1. The molecule has 31 heavy (non-hydrogen) atoms. The van der Waals surface area contributed by atoms with Crippen molar-refractivity contribution in [2.24, 2.45) is 7.05 Å². The predicted octanol–water partition coefficient (Wildman–Crippen LogP) is 3.70. The number of aromatic nitrogens is 3. The molecule has 1 amide bonds. The van der Waals surface area contributed by atoms with E-state index in [0.717, 1.165) is 11.3 Å². The van der Waals surface area contributed by atoms with Crippen molar-refractivity contribution in [2.45, 2.75) is 44.9 Å². The van der Waals surface area contributed by atoms with Crippen LogP contribution in [-0.4, -0.2) is 51.8 Å². The Hall–Kier alpha value is -2.79. The molecule has 0 radical (unpaired) electrons. The predicted molar refractivity (Wildman–Crippen MR) is 118 cm³/mol. The van der Waals surface area contributed by atoms with Crippen LogP contribution in [0.15, 0.2) is 24.7 Å². The smallest absolute Gasteiger partial charge is 0.407 e. The van der Waals surface area contributed by atoms with Gasteiger partial charge in [-0.3, -0.25) is 4.68 Å². The summed E-state index contributed by atoms with van der Waals surface area (Å²) in [5.74, 6) is 6.19. The summed E-state index contributed by atoms with van der Waals surface area (Å²) in [6, 6.07) is 1.75. The zero-order valence-corrected chi connectivity index (χ0v) is 19.0. The summed E-state index contributed by atoms with van der Waals surface area (Å²) in [6.07, 6.45) is 5.05. The number of piperidine rings is 1. The average Bonchev–Trinajstić information content (AvgIpc) is 3.10. The van der Waals surface area contributed by atoms with Crippen LogP contribution in [-0.2, 0) is 11.8 Å². The Balaban J connectivity index is 1.66. The number of aryl methyl sites for hydroxylation is 1. The number of alkyl halides is 1. The third-order valence-corrected chi connectivity index (χ3v) is 5.05. The maximum atomic E-state index is 15.2. The molecule has 7 nitrogen and oxygen atoms in total. The number of anilines is 1. The van der Waals surface area contributed by atoms with Crippen molar-refractivity contribution in [1.82, 2.24) is 20.1 Å². The van der Waals surface area contributed by atoms with E-state index in [1.165, 1.54) is 0 Å². The first-order valence-corrected chi connectivity index (χ1v) is 10.5. The Morgan fingerprint density at radius 3 is 2.65 bits per heavy atom. The van der Waals surface area contributed by atoms with Crippen LogP contribution < -0.4 is 10.2 Å². The standard InChI is InChI=1S/C22H27ClFN5O2/c1-21(2,3)31-20(30)26-15-22(24)7-9-29(10-8-22)18-11-19(23)25-13-17(18)6-5-16-12-27-28(4)14-16/h11-14H,7-10,15H2,1-4H3,(H,26,30). The van der Waals surface area contributed by atoms with E-state index >= 15 is 4.39 Å². The van der Waals surface area contributed by atoms with E-state index in [1.807, 2.05) is 18.1 Å². The number of hydrogen-bond acceptors (Lipinski definition) is 5. The quantitative estimate of drug-likeness (QED) is 0.573. The lowest BCUT2D eigenvalue weighted by atomic mass is 9.92. The molecule has 166 valence electrons. The monoisotopic (exact) mass is 447 g/mol.